The van der Waals surface area contributed by atoms with Gasteiger partial charge in [0.05, 0.1) is 11.3 Å². The maximum absolute atomic E-state index is 13.9. The van der Waals surface area contributed by atoms with Crippen molar-refractivity contribution in [1.82, 2.24) is 24.8 Å². The van der Waals surface area contributed by atoms with Crippen LogP contribution in [0, 0.1) is 5.82 Å². The number of aromatic nitrogens is 4. The van der Waals surface area contributed by atoms with Crippen molar-refractivity contribution in [1.29, 1.82) is 0 Å². The molecule has 2 aliphatic heterocycles. The minimum Gasteiger partial charge on any atom is -0.383 e. The zero-order valence-electron chi connectivity index (χ0n) is 20.0. The van der Waals surface area contributed by atoms with Crippen LogP contribution in [0.25, 0.3) is 11.3 Å². The number of anilines is 2. The smallest absolute Gasteiger partial charge is 0.383 e. The molecule has 0 spiro atoms. The lowest BCUT2D eigenvalue weighted by atomic mass is 9.95. The number of alkyl halides is 3. The van der Waals surface area contributed by atoms with Crippen LogP contribution in [0.5, 0.6) is 0 Å². The number of nitrogen functional groups attached to an aromatic ring is 1. The average molecular weight is 504 g/mol. The molecular weight excluding hydrogens is 474 g/mol. The normalized spacial score (nSPS) is 18.9. The van der Waals surface area contributed by atoms with Gasteiger partial charge in [0, 0.05) is 48.9 Å². The van der Waals surface area contributed by atoms with E-state index in [1.54, 1.807) is 6.20 Å². The molecule has 2 aliphatic rings. The number of nitrogens with one attached hydrogen (secondary N) is 1. The molecule has 2 saturated heterocycles. The van der Waals surface area contributed by atoms with Crippen molar-refractivity contribution in [2.45, 2.75) is 57.3 Å². The molecular formula is C25H29F4N7. The number of hydrogen-bond donors (Lipinski definition) is 2. The Morgan fingerprint density at radius 2 is 1.89 bits per heavy atom. The van der Waals surface area contributed by atoms with Crippen molar-refractivity contribution in [3.8, 4) is 11.3 Å². The fourth-order valence-corrected chi connectivity index (χ4v) is 5.06. The van der Waals surface area contributed by atoms with Crippen molar-refractivity contribution < 1.29 is 17.6 Å². The Morgan fingerprint density at radius 3 is 2.53 bits per heavy atom. The fourth-order valence-electron chi connectivity index (χ4n) is 5.06. The molecule has 5 rings (SSSR count). The van der Waals surface area contributed by atoms with E-state index >= 15 is 0 Å². The number of nitrogens with zero attached hydrogens (tertiary/aromatic N) is 5. The van der Waals surface area contributed by atoms with E-state index in [1.807, 2.05) is 6.92 Å². The van der Waals surface area contributed by atoms with Crippen molar-refractivity contribution in [3.05, 3.63) is 53.5 Å². The molecule has 2 aromatic heterocycles. The van der Waals surface area contributed by atoms with Gasteiger partial charge in [-0.1, -0.05) is 6.92 Å². The highest BCUT2D eigenvalue weighted by atomic mass is 19.4. The third kappa shape index (κ3) is 4.76. The summed E-state index contributed by atoms with van der Waals surface area (Å²) < 4.78 is 55.8. The maximum atomic E-state index is 13.9. The first-order chi connectivity index (χ1) is 17.2. The van der Waals surface area contributed by atoms with E-state index in [2.05, 4.69) is 24.8 Å². The van der Waals surface area contributed by atoms with Gasteiger partial charge in [-0.3, -0.25) is 0 Å². The van der Waals surface area contributed by atoms with E-state index in [4.69, 9.17) is 10.7 Å². The Balaban J connectivity index is 1.41. The highest BCUT2D eigenvalue weighted by molar-refractivity contribution is 5.61. The first kappa shape index (κ1) is 24.5. The van der Waals surface area contributed by atoms with Gasteiger partial charge < -0.3 is 20.5 Å². The van der Waals surface area contributed by atoms with Gasteiger partial charge in [0.1, 0.15) is 29.6 Å². The Labute approximate surface area is 206 Å². The van der Waals surface area contributed by atoms with Crippen LogP contribution in [0.4, 0.5) is 29.2 Å². The van der Waals surface area contributed by atoms with Crippen LogP contribution in [0.1, 0.15) is 49.1 Å². The monoisotopic (exact) mass is 503 g/mol. The topological polar surface area (TPSA) is 84.9 Å². The number of halogens is 4. The van der Waals surface area contributed by atoms with E-state index in [0.29, 0.717) is 24.1 Å². The van der Waals surface area contributed by atoms with Crippen molar-refractivity contribution >= 4 is 11.6 Å². The third-order valence-corrected chi connectivity index (χ3v) is 7.19. The number of nitrogens with two attached hydrogens (primary N) is 1. The molecule has 36 heavy (non-hydrogen) atoms. The summed E-state index contributed by atoms with van der Waals surface area (Å²) in [5, 5.41) is 3.37. The van der Waals surface area contributed by atoms with Crippen LogP contribution in [-0.2, 0) is 19.1 Å². The molecule has 7 nitrogen and oxygen atoms in total. The van der Waals surface area contributed by atoms with Crippen LogP contribution in [-0.4, -0.2) is 45.2 Å². The number of imidazole rings is 1. The van der Waals surface area contributed by atoms with Crippen molar-refractivity contribution in [3.63, 3.8) is 0 Å². The van der Waals surface area contributed by atoms with E-state index < -0.39 is 17.6 Å². The third-order valence-electron chi connectivity index (χ3n) is 7.19. The molecule has 0 radical (unpaired) electrons. The van der Waals surface area contributed by atoms with E-state index in [1.165, 1.54) is 12.4 Å². The summed E-state index contributed by atoms with van der Waals surface area (Å²) in [7, 11) is 0. The lowest BCUT2D eigenvalue weighted by molar-refractivity contribution is -0.139. The number of benzene rings is 1. The molecule has 3 aromatic rings. The summed E-state index contributed by atoms with van der Waals surface area (Å²) in [6.07, 6.45) is 1.93. The standard InChI is InChI=1S/C25H29F4N7/c1-2-18-22(30)32-14-33-24(18)35-9-6-15(7-10-35)23-34-21(13-36(23)12-17-5-8-31-17)16-3-4-20(26)19(11-16)25(27,28)29/h3-4,11,13-15,17,31H,2,5-10,12H2,1H3,(H2,30,32,33)/t17-/m0/s1. The molecule has 0 aliphatic carbocycles. The minimum absolute atomic E-state index is 0.141. The molecule has 0 saturated carbocycles. The summed E-state index contributed by atoms with van der Waals surface area (Å²) in [6, 6.07) is 3.38. The molecule has 192 valence electrons. The van der Waals surface area contributed by atoms with Gasteiger partial charge in [-0.2, -0.15) is 13.2 Å². The van der Waals surface area contributed by atoms with Crippen LogP contribution in [0.15, 0.2) is 30.7 Å². The minimum atomic E-state index is -4.77. The largest absolute Gasteiger partial charge is 0.419 e. The average Bonchev–Trinajstić information content (AvgIpc) is 3.25. The lowest BCUT2D eigenvalue weighted by Gasteiger charge is -2.34. The molecule has 11 heteroatoms. The molecule has 3 N–H and O–H groups in total. The highest BCUT2D eigenvalue weighted by Crippen LogP contribution is 2.36. The van der Waals surface area contributed by atoms with Gasteiger partial charge in [0.2, 0.25) is 0 Å². The van der Waals surface area contributed by atoms with E-state index in [0.717, 1.165) is 74.7 Å². The Morgan fingerprint density at radius 1 is 1.14 bits per heavy atom. The second-order valence-electron chi connectivity index (χ2n) is 9.44. The SMILES string of the molecule is CCc1c(N)ncnc1N1CCC(c2nc(-c3ccc(F)c(C(F)(F)F)c3)cn2C[C@@H]2CCN2)CC1. The highest BCUT2D eigenvalue weighted by Gasteiger charge is 2.35. The Hall–Kier alpha value is -3.21. The maximum Gasteiger partial charge on any atom is 0.419 e. The van der Waals surface area contributed by atoms with E-state index in [9.17, 15) is 17.6 Å². The van der Waals surface area contributed by atoms with Gasteiger partial charge in [0.15, 0.2) is 0 Å². The molecule has 0 unspecified atom stereocenters. The Bertz CT molecular complexity index is 1230. The summed E-state index contributed by atoms with van der Waals surface area (Å²) in [4.78, 5) is 15.6. The predicted octanol–water partition coefficient (Wildman–Crippen LogP) is 4.39. The summed E-state index contributed by atoms with van der Waals surface area (Å²) in [6.45, 7) is 5.18. The first-order valence-electron chi connectivity index (χ1n) is 12.3. The number of hydrogen-bond acceptors (Lipinski definition) is 6. The lowest BCUT2D eigenvalue weighted by Crippen LogP contribution is -2.45. The van der Waals surface area contributed by atoms with Crippen LogP contribution >= 0.6 is 0 Å². The van der Waals surface area contributed by atoms with Crippen molar-refractivity contribution in [2.75, 3.05) is 30.3 Å². The molecule has 4 heterocycles. The molecule has 2 fully saturated rings. The molecule has 0 bridgehead atoms. The summed E-state index contributed by atoms with van der Waals surface area (Å²) in [5.41, 5.74) is 6.40. The van der Waals surface area contributed by atoms with Gasteiger partial charge in [-0.25, -0.2) is 19.3 Å². The van der Waals surface area contributed by atoms with E-state index in [-0.39, 0.29) is 11.5 Å². The van der Waals surface area contributed by atoms with Gasteiger partial charge in [0.25, 0.3) is 0 Å². The van der Waals surface area contributed by atoms with Gasteiger partial charge in [-0.15, -0.1) is 0 Å². The quantitative estimate of drug-likeness (QED) is 0.486. The van der Waals surface area contributed by atoms with Crippen LogP contribution in [0.3, 0.4) is 0 Å². The number of rotatable bonds is 6. The molecule has 1 atom stereocenters. The van der Waals surface area contributed by atoms with Gasteiger partial charge in [-0.05, 0) is 50.4 Å². The van der Waals surface area contributed by atoms with Gasteiger partial charge >= 0.3 is 6.18 Å². The molecule has 0 amide bonds. The molecule has 1 aromatic carbocycles. The summed E-state index contributed by atoms with van der Waals surface area (Å²) in [5.74, 6) is 1.07. The number of piperidine rings is 1. The summed E-state index contributed by atoms with van der Waals surface area (Å²) >= 11 is 0. The van der Waals surface area contributed by atoms with Crippen LogP contribution < -0.4 is 16.0 Å². The first-order valence-corrected chi connectivity index (χ1v) is 12.3. The predicted molar refractivity (Wildman–Crippen MR) is 129 cm³/mol. The second-order valence-corrected chi connectivity index (χ2v) is 9.44. The fraction of sp³-hybridized carbons (Fsp3) is 0.480. The zero-order chi connectivity index (χ0) is 25.4. The van der Waals surface area contributed by atoms with Crippen molar-refractivity contribution in [2.24, 2.45) is 0 Å². The second kappa shape index (κ2) is 9.68. The van der Waals surface area contributed by atoms with Crippen LogP contribution in [0.2, 0.25) is 0 Å². The zero-order valence-corrected chi connectivity index (χ0v) is 20.0. The Kier molecular flexibility index (Phi) is 6.59.